The van der Waals surface area contributed by atoms with Crippen LogP contribution in [0.2, 0.25) is 0 Å². The molecule has 0 aromatic heterocycles. The summed E-state index contributed by atoms with van der Waals surface area (Å²) in [6, 6.07) is 0.432. The van der Waals surface area contributed by atoms with E-state index >= 15 is 0 Å². The van der Waals surface area contributed by atoms with Crippen LogP contribution in [0.25, 0.3) is 0 Å². The van der Waals surface area contributed by atoms with Gasteiger partial charge in [-0.2, -0.15) is 0 Å². The topological polar surface area (TPSA) is 68.0 Å². The summed E-state index contributed by atoms with van der Waals surface area (Å²) < 4.78 is 10.5. The van der Waals surface area contributed by atoms with Crippen molar-refractivity contribution in [2.24, 2.45) is 5.73 Å². The van der Waals surface area contributed by atoms with Crippen molar-refractivity contribution in [1.82, 2.24) is 4.90 Å². The number of hydrogen-bond donors (Lipinski definition) is 2. The van der Waals surface area contributed by atoms with Crippen LogP contribution in [0.5, 0.6) is 0 Å². The van der Waals surface area contributed by atoms with Crippen LogP contribution in [0, 0.1) is 0 Å². The minimum atomic E-state index is -0.443. The SMILES string of the molecule is COCC(C)OCC(O)CN1CCCC1CN. The van der Waals surface area contributed by atoms with E-state index in [1.54, 1.807) is 7.11 Å². The Labute approximate surface area is 104 Å². The summed E-state index contributed by atoms with van der Waals surface area (Å²) in [5.41, 5.74) is 5.69. The third-order valence-electron chi connectivity index (χ3n) is 3.19. The van der Waals surface area contributed by atoms with Crippen LogP contribution in [0.4, 0.5) is 0 Å². The normalized spacial score (nSPS) is 25.1. The number of rotatable bonds is 8. The van der Waals surface area contributed by atoms with Crippen LogP contribution in [0.15, 0.2) is 0 Å². The molecule has 0 amide bonds. The molecule has 0 saturated carbocycles. The molecule has 0 aromatic carbocycles. The third kappa shape index (κ3) is 5.31. The smallest absolute Gasteiger partial charge is 0.0900 e. The summed E-state index contributed by atoms with van der Waals surface area (Å²) in [6.07, 6.45) is 1.90. The Morgan fingerprint density at radius 3 is 2.88 bits per heavy atom. The Morgan fingerprint density at radius 2 is 2.24 bits per heavy atom. The second-order valence-corrected chi connectivity index (χ2v) is 4.78. The van der Waals surface area contributed by atoms with E-state index < -0.39 is 6.10 Å². The zero-order chi connectivity index (χ0) is 12.7. The van der Waals surface area contributed by atoms with Gasteiger partial charge in [-0.05, 0) is 26.3 Å². The summed E-state index contributed by atoms with van der Waals surface area (Å²) in [6.45, 7) is 5.22. The van der Waals surface area contributed by atoms with Gasteiger partial charge in [0.25, 0.3) is 0 Å². The molecule has 1 aliphatic rings. The highest BCUT2D eigenvalue weighted by Crippen LogP contribution is 2.16. The molecule has 0 aliphatic carbocycles. The van der Waals surface area contributed by atoms with E-state index in [4.69, 9.17) is 15.2 Å². The summed E-state index contributed by atoms with van der Waals surface area (Å²) in [5, 5.41) is 9.89. The van der Waals surface area contributed by atoms with E-state index in [1.165, 1.54) is 6.42 Å². The van der Waals surface area contributed by atoms with Crippen molar-refractivity contribution in [3.8, 4) is 0 Å². The van der Waals surface area contributed by atoms with Crippen LogP contribution in [0.3, 0.4) is 0 Å². The van der Waals surface area contributed by atoms with Crippen molar-refractivity contribution in [3.63, 3.8) is 0 Å². The Kier molecular flexibility index (Phi) is 6.99. The lowest BCUT2D eigenvalue weighted by Gasteiger charge is -2.26. The molecule has 0 radical (unpaired) electrons. The van der Waals surface area contributed by atoms with Crippen molar-refractivity contribution in [2.75, 3.05) is 40.0 Å². The van der Waals surface area contributed by atoms with Gasteiger partial charge in [0.15, 0.2) is 0 Å². The first-order valence-electron chi connectivity index (χ1n) is 6.40. The second kappa shape index (κ2) is 8.00. The van der Waals surface area contributed by atoms with Crippen LogP contribution >= 0.6 is 0 Å². The van der Waals surface area contributed by atoms with Crippen LogP contribution in [-0.2, 0) is 9.47 Å². The van der Waals surface area contributed by atoms with E-state index in [9.17, 15) is 5.11 Å². The fraction of sp³-hybridized carbons (Fsp3) is 1.00. The zero-order valence-electron chi connectivity index (χ0n) is 11.0. The van der Waals surface area contributed by atoms with Crippen LogP contribution < -0.4 is 5.73 Å². The number of hydrogen-bond acceptors (Lipinski definition) is 5. The first-order valence-corrected chi connectivity index (χ1v) is 6.40. The first kappa shape index (κ1) is 14.9. The number of likely N-dealkylation sites (tertiary alicyclic amines) is 1. The van der Waals surface area contributed by atoms with Gasteiger partial charge in [0.05, 0.1) is 25.4 Å². The summed E-state index contributed by atoms with van der Waals surface area (Å²) in [5.74, 6) is 0. The van der Waals surface area contributed by atoms with Crippen molar-refractivity contribution in [1.29, 1.82) is 0 Å². The molecule has 0 spiro atoms. The maximum atomic E-state index is 9.89. The molecule has 17 heavy (non-hydrogen) atoms. The molecule has 5 nitrogen and oxygen atoms in total. The molecule has 102 valence electrons. The predicted octanol–water partition coefficient (Wildman–Crippen LogP) is -0.178. The second-order valence-electron chi connectivity index (χ2n) is 4.78. The van der Waals surface area contributed by atoms with Gasteiger partial charge in [0.1, 0.15) is 0 Å². The quantitative estimate of drug-likeness (QED) is 0.622. The van der Waals surface area contributed by atoms with Crippen molar-refractivity contribution in [2.45, 2.75) is 38.0 Å². The number of aliphatic hydroxyl groups is 1. The van der Waals surface area contributed by atoms with Gasteiger partial charge in [0, 0.05) is 26.2 Å². The van der Waals surface area contributed by atoms with Crippen molar-refractivity contribution >= 4 is 0 Å². The largest absolute Gasteiger partial charge is 0.389 e. The summed E-state index contributed by atoms with van der Waals surface area (Å²) in [7, 11) is 1.65. The van der Waals surface area contributed by atoms with E-state index in [0.717, 1.165) is 13.0 Å². The van der Waals surface area contributed by atoms with Crippen LogP contribution in [0.1, 0.15) is 19.8 Å². The van der Waals surface area contributed by atoms with Crippen molar-refractivity contribution in [3.05, 3.63) is 0 Å². The minimum absolute atomic E-state index is 0.0264. The minimum Gasteiger partial charge on any atom is -0.389 e. The Morgan fingerprint density at radius 1 is 1.47 bits per heavy atom. The molecule has 1 saturated heterocycles. The molecular formula is C12H26N2O3. The van der Waals surface area contributed by atoms with E-state index in [2.05, 4.69) is 4.90 Å². The first-order chi connectivity index (χ1) is 8.17. The van der Waals surface area contributed by atoms with Gasteiger partial charge in [0.2, 0.25) is 0 Å². The highest BCUT2D eigenvalue weighted by Gasteiger charge is 2.25. The molecule has 0 bridgehead atoms. The molecule has 3 unspecified atom stereocenters. The van der Waals surface area contributed by atoms with E-state index in [-0.39, 0.29) is 6.10 Å². The van der Waals surface area contributed by atoms with Crippen molar-refractivity contribution < 1.29 is 14.6 Å². The lowest BCUT2D eigenvalue weighted by Crippen LogP contribution is -2.41. The van der Waals surface area contributed by atoms with Crippen LogP contribution in [-0.4, -0.2) is 68.2 Å². The Hall–Kier alpha value is -0.200. The lowest BCUT2D eigenvalue weighted by molar-refractivity contribution is -0.0403. The van der Waals surface area contributed by atoms with Gasteiger partial charge in [-0.15, -0.1) is 0 Å². The fourth-order valence-electron chi connectivity index (χ4n) is 2.28. The summed E-state index contributed by atoms with van der Waals surface area (Å²) >= 11 is 0. The van der Waals surface area contributed by atoms with E-state index in [1.807, 2.05) is 6.92 Å². The molecule has 1 aliphatic heterocycles. The Bertz CT molecular complexity index is 204. The zero-order valence-corrected chi connectivity index (χ0v) is 11.0. The molecular weight excluding hydrogens is 220 g/mol. The number of β-amino-alcohol motifs (C(OH)–C–C–N with tert-alkyl or cyclic N) is 1. The number of nitrogens with zero attached hydrogens (tertiary/aromatic N) is 1. The molecule has 1 heterocycles. The predicted molar refractivity (Wildman–Crippen MR) is 66.9 cm³/mol. The number of ether oxygens (including phenoxy) is 2. The maximum absolute atomic E-state index is 9.89. The third-order valence-corrected chi connectivity index (χ3v) is 3.19. The number of methoxy groups -OCH3 is 1. The fourth-order valence-corrected chi connectivity index (χ4v) is 2.28. The van der Waals surface area contributed by atoms with E-state index in [0.29, 0.717) is 32.3 Å². The molecule has 3 N–H and O–H groups in total. The molecule has 5 heteroatoms. The average Bonchev–Trinajstić information content (AvgIpc) is 2.74. The van der Waals surface area contributed by atoms with Gasteiger partial charge in [-0.25, -0.2) is 0 Å². The Balaban J connectivity index is 2.17. The molecule has 3 atom stereocenters. The van der Waals surface area contributed by atoms with Gasteiger partial charge >= 0.3 is 0 Å². The summed E-state index contributed by atoms with van der Waals surface area (Å²) in [4.78, 5) is 2.26. The van der Waals surface area contributed by atoms with Gasteiger partial charge in [-0.1, -0.05) is 0 Å². The monoisotopic (exact) mass is 246 g/mol. The standard InChI is InChI=1S/C12H26N2O3/c1-10(8-16-2)17-9-12(15)7-14-5-3-4-11(14)6-13/h10-12,15H,3-9,13H2,1-2H3. The van der Waals surface area contributed by atoms with Gasteiger partial charge < -0.3 is 20.3 Å². The molecule has 0 aromatic rings. The maximum Gasteiger partial charge on any atom is 0.0900 e. The molecule has 1 rings (SSSR count). The number of nitrogens with two attached hydrogens (primary N) is 1. The average molecular weight is 246 g/mol. The van der Waals surface area contributed by atoms with Gasteiger partial charge in [-0.3, -0.25) is 4.90 Å². The highest BCUT2D eigenvalue weighted by molar-refractivity contribution is 4.81. The molecule has 1 fully saturated rings. The lowest BCUT2D eigenvalue weighted by atomic mass is 10.2. The number of aliphatic hydroxyl groups excluding tert-OH is 1. The highest BCUT2D eigenvalue weighted by atomic mass is 16.5.